The van der Waals surface area contributed by atoms with E-state index < -0.39 is 18.4 Å². The summed E-state index contributed by atoms with van der Waals surface area (Å²) in [5.74, 6) is -1.14. The molecule has 1 fully saturated rings. The average Bonchev–Trinajstić information content (AvgIpc) is 3.91. The number of carboxylic acid groups (broad SMARTS) is 1. The summed E-state index contributed by atoms with van der Waals surface area (Å²) in [6.07, 6.45) is 10.0. The molecule has 3 amide bonds. The van der Waals surface area contributed by atoms with Crippen molar-refractivity contribution in [3.8, 4) is 10.4 Å². The Morgan fingerprint density at radius 1 is 0.732 bits per heavy atom. The summed E-state index contributed by atoms with van der Waals surface area (Å²) in [4.78, 5) is 60.9. The fraction of sp³-hybridized carbons (Fsp3) is 0.386. The summed E-state index contributed by atoms with van der Waals surface area (Å²) in [6, 6.07) is 19.9. The zero-order chi connectivity index (χ0) is 40.1. The number of hydrogen-bond acceptors (Lipinski definition) is 7. The molecule has 2 aromatic carbocycles. The van der Waals surface area contributed by atoms with Crippen LogP contribution in [-0.4, -0.2) is 67.5 Å². The van der Waals surface area contributed by atoms with Crippen LogP contribution in [0.25, 0.3) is 27.9 Å². The van der Waals surface area contributed by atoms with Crippen LogP contribution in [0.3, 0.4) is 0 Å². The maximum absolute atomic E-state index is 14.9. The van der Waals surface area contributed by atoms with E-state index in [-0.39, 0.29) is 16.1 Å². The molecule has 294 valence electrons. The van der Waals surface area contributed by atoms with Gasteiger partial charge in [0, 0.05) is 27.3 Å². The Balaban J connectivity index is 1.40. The SMILES string of the molecule is CCCCC(CC)CN1C(=O)C2=C(c3ccc(-c4ccc(/C=C5\SC(=S)N(CC(=O)O)C5=O)s4)cc3)N(CC(CC)CCCC)C(=O)C2=C1c1ccc(Br)cc1. The molecule has 1 aromatic heterocycles. The second kappa shape index (κ2) is 18.6. The number of unbranched alkanes of at least 4 members (excludes halogenated alkanes) is 2. The number of amides is 3. The number of rotatable bonds is 18. The third kappa shape index (κ3) is 8.83. The Morgan fingerprint density at radius 2 is 1.23 bits per heavy atom. The van der Waals surface area contributed by atoms with E-state index >= 15 is 0 Å². The minimum Gasteiger partial charge on any atom is -0.480 e. The van der Waals surface area contributed by atoms with Gasteiger partial charge in [-0.05, 0) is 71.7 Å². The summed E-state index contributed by atoms with van der Waals surface area (Å²) in [6.45, 7) is 9.37. The first kappa shape index (κ1) is 41.8. The van der Waals surface area contributed by atoms with E-state index in [2.05, 4.69) is 43.6 Å². The van der Waals surface area contributed by atoms with Gasteiger partial charge in [-0.1, -0.05) is 143 Å². The number of halogens is 1. The van der Waals surface area contributed by atoms with Crippen molar-refractivity contribution in [1.29, 1.82) is 0 Å². The average molecular weight is 875 g/mol. The molecule has 1 saturated heterocycles. The highest BCUT2D eigenvalue weighted by Gasteiger charge is 2.49. The van der Waals surface area contributed by atoms with Gasteiger partial charge in [-0.3, -0.25) is 24.1 Å². The van der Waals surface area contributed by atoms with Crippen LogP contribution in [0.15, 0.2) is 81.2 Å². The number of nitrogens with zero attached hydrogens (tertiary/aromatic N) is 3. The molecule has 4 heterocycles. The highest BCUT2D eigenvalue weighted by Crippen LogP contribution is 2.48. The van der Waals surface area contributed by atoms with Crippen LogP contribution in [0.5, 0.6) is 0 Å². The van der Waals surface area contributed by atoms with Crippen LogP contribution in [-0.2, 0) is 19.2 Å². The number of benzene rings is 2. The number of carbonyl (C=O) groups excluding carboxylic acids is 3. The Morgan fingerprint density at radius 3 is 1.71 bits per heavy atom. The minimum absolute atomic E-state index is 0.110. The fourth-order valence-electron chi connectivity index (χ4n) is 7.58. The largest absolute Gasteiger partial charge is 0.480 e. The molecular formula is C44H48BrN3O5S3. The summed E-state index contributed by atoms with van der Waals surface area (Å²) in [5.41, 5.74) is 5.03. The zero-order valence-corrected chi connectivity index (χ0v) is 36.3. The van der Waals surface area contributed by atoms with Crippen molar-refractivity contribution in [2.75, 3.05) is 19.6 Å². The van der Waals surface area contributed by atoms with Gasteiger partial charge < -0.3 is 14.9 Å². The minimum atomic E-state index is -1.12. The molecule has 12 heteroatoms. The molecule has 2 atom stereocenters. The summed E-state index contributed by atoms with van der Waals surface area (Å²) in [5, 5.41) is 9.19. The number of thioether (sulfide) groups is 1. The monoisotopic (exact) mass is 873 g/mol. The number of carboxylic acids is 1. The number of aliphatic carboxylic acids is 1. The Kier molecular flexibility index (Phi) is 13.9. The Bertz CT molecular complexity index is 2100. The lowest BCUT2D eigenvalue weighted by molar-refractivity contribution is -0.140. The molecule has 0 saturated carbocycles. The second-order valence-electron chi connectivity index (χ2n) is 14.6. The van der Waals surface area contributed by atoms with Crippen molar-refractivity contribution in [3.05, 3.63) is 97.2 Å². The molecule has 0 radical (unpaired) electrons. The van der Waals surface area contributed by atoms with Gasteiger partial charge in [0.25, 0.3) is 17.7 Å². The number of hydrogen-bond donors (Lipinski definition) is 1. The summed E-state index contributed by atoms with van der Waals surface area (Å²) >= 11 is 11.4. The standard InChI is InChI=1S/C44H48BrN3O5S3/c1-5-9-11-27(7-3)24-46-39(30-15-13-29(14-16-30)34-22-21-33(55-34)23-35-41(51)48(26-36(49)50)44(54)56-35)37-38(43(46)53)40(31-17-19-32(45)20-18-31)47(42(37)52)25-28(8-4)12-10-6-2/h13-23,27-28H,5-12,24-26H2,1-4H3,(H,49,50)/b35-23-. The lowest BCUT2D eigenvalue weighted by Crippen LogP contribution is -2.34. The summed E-state index contributed by atoms with van der Waals surface area (Å²) < 4.78 is 1.16. The topological polar surface area (TPSA) is 98.2 Å². The molecule has 6 rings (SSSR count). The maximum atomic E-state index is 14.9. The first-order valence-corrected chi connectivity index (χ1v) is 22.4. The van der Waals surface area contributed by atoms with Gasteiger partial charge in [0.1, 0.15) is 10.9 Å². The Hall–Kier alpha value is -3.84. The highest BCUT2D eigenvalue weighted by atomic mass is 79.9. The third-order valence-corrected chi connectivity index (χ3v) is 13.8. The molecule has 0 aliphatic carbocycles. The van der Waals surface area contributed by atoms with E-state index in [1.54, 1.807) is 6.08 Å². The molecule has 8 nitrogen and oxygen atoms in total. The van der Waals surface area contributed by atoms with Crippen LogP contribution in [0.4, 0.5) is 0 Å². The Labute approximate surface area is 351 Å². The molecule has 0 spiro atoms. The van der Waals surface area contributed by atoms with Crippen LogP contribution in [0.2, 0.25) is 0 Å². The molecule has 3 aromatic rings. The van der Waals surface area contributed by atoms with Gasteiger partial charge in [-0.2, -0.15) is 0 Å². The number of carbonyl (C=O) groups is 4. The van der Waals surface area contributed by atoms with Crippen molar-refractivity contribution < 1.29 is 24.3 Å². The van der Waals surface area contributed by atoms with Crippen molar-refractivity contribution in [1.82, 2.24) is 14.7 Å². The molecule has 3 aliphatic rings. The van der Waals surface area contributed by atoms with E-state index in [9.17, 15) is 24.3 Å². The van der Waals surface area contributed by atoms with Crippen molar-refractivity contribution >= 4 is 96.7 Å². The fourth-order valence-corrected chi connectivity index (χ4v) is 10.1. The smallest absolute Gasteiger partial charge is 0.323 e. The summed E-state index contributed by atoms with van der Waals surface area (Å²) in [7, 11) is 0. The van der Waals surface area contributed by atoms with Gasteiger partial charge >= 0.3 is 5.97 Å². The number of thiocarbonyl (C=S) groups is 1. The molecule has 3 aliphatic heterocycles. The van der Waals surface area contributed by atoms with Gasteiger partial charge in [-0.15, -0.1) is 11.3 Å². The van der Waals surface area contributed by atoms with Gasteiger partial charge in [0.15, 0.2) is 0 Å². The van der Waals surface area contributed by atoms with Crippen LogP contribution < -0.4 is 0 Å². The van der Waals surface area contributed by atoms with Crippen molar-refractivity contribution in [2.24, 2.45) is 11.8 Å². The highest BCUT2D eigenvalue weighted by molar-refractivity contribution is 9.10. The molecule has 2 unspecified atom stereocenters. The molecule has 1 N–H and O–H groups in total. The molecule has 56 heavy (non-hydrogen) atoms. The van der Waals surface area contributed by atoms with E-state index in [0.717, 1.165) is 98.9 Å². The van der Waals surface area contributed by atoms with Gasteiger partial charge in [-0.25, -0.2) is 0 Å². The lowest BCUT2D eigenvalue weighted by Gasteiger charge is -2.29. The normalized spacial score (nSPS) is 17.7. The zero-order valence-electron chi connectivity index (χ0n) is 32.3. The van der Waals surface area contributed by atoms with Crippen LogP contribution in [0, 0.1) is 11.8 Å². The second-order valence-corrected chi connectivity index (χ2v) is 18.3. The van der Waals surface area contributed by atoms with Crippen molar-refractivity contribution in [3.63, 3.8) is 0 Å². The quantitative estimate of drug-likeness (QED) is 0.100. The number of fused-ring (bicyclic) bond motifs is 1. The van der Waals surface area contributed by atoms with Gasteiger partial charge in [0.05, 0.1) is 27.4 Å². The maximum Gasteiger partial charge on any atom is 0.323 e. The van der Waals surface area contributed by atoms with E-state index in [0.29, 0.717) is 52.4 Å². The first-order valence-electron chi connectivity index (χ1n) is 19.6. The molecule has 0 bridgehead atoms. The van der Waals surface area contributed by atoms with E-state index in [4.69, 9.17) is 12.2 Å². The molecular weight excluding hydrogens is 827 g/mol. The van der Waals surface area contributed by atoms with Gasteiger partial charge in [0.2, 0.25) is 0 Å². The van der Waals surface area contributed by atoms with E-state index in [1.165, 1.54) is 11.3 Å². The predicted octanol–water partition coefficient (Wildman–Crippen LogP) is 10.7. The lowest BCUT2D eigenvalue weighted by atomic mass is 9.97. The third-order valence-electron chi connectivity index (χ3n) is 10.8. The predicted molar refractivity (Wildman–Crippen MR) is 235 cm³/mol. The number of thiophene rings is 1. The van der Waals surface area contributed by atoms with E-state index in [1.807, 2.05) is 70.5 Å². The van der Waals surface area contributed by atoms with Crippen LogP contribution >= 0.6 is 51.2 Å². The van der Waals surface area contributed by atoms with Crippen molar-refractivity contribution in [2.45, 2.75) is 79.1 Å². The first-order chi connectivity index (χ1) is 27.0. The van der Waals surface area contributed by atoms with Crippen LogP contribution in [0.1, 0.15) is 95.1 Å².